The first-order valence-electron chi connectivity index (χ1n) is 9.49. The third kappa shape index (κ3) is 4.16. The number of aryl methyl sites for hydroxylation is 1. The van der Waals surface area contributed by atoms with Crippen molar-refractivity contribution < 1.29 is 13.6 Å². The van der Waals surface area contributed by atoms with Crippen molar-refractivity contribution in [2.45, 2.75) is 37.2 Å². The van der Waals surface area contributed by atoms with E-state index in [9.17, 15) is 9.59 Å². The van der Waals surface area contributed by atoms with E-state index < -0.39 is 11.5 Å². The van der Waals surface area contributed by atoms with E-state index in [0.29, 0.717) is 34.6 Å². The summed E-state index contributed by atoms with van der Waals surface area (Å²) in [6, 6.07) is 10.9. The molecule has 1 amide bonds. The first-order chi connectivity index (χ1) is 14.5. The molecular formula is C21H20N4O4S. The molecule has 3 heterocycles. The van der Waals surface area contributed by atoms with Crippen molar-refractivity contribution in [2.24, 2.45) is 5.73 Å². The fraction of sp³-hybridized carbons (Fsp3) is 0.238. The maximum Gasteiger partial charge on any atom is 0.336 e. The molecule has 0 aliphatic heterocycles. The van der Waals surface area contributed by atoms with E-state index in [1.807, 2.05) is 18.2 Å². The molecule has 0 radical (unpaired) electrons. The molecule has 154 valence electrons. The number of furan rings is 1. The molecule has 0 saturated heterocycles. The first kappa shape index (κ1) is 20.0. The topological polar surface area (TPSA) is 117 Å². The van der Waals surface area contributed by atoms with Gasteiger partial charge in [-0.25, -0.2) is 4.79 Å². The van der Waals surface area contributed by atoms with Crippen LogP contribution in [-0.2, 0) is 23.5 Å². The summed E-state index contributed by atoms with van der Waals surface area (Å²) >= 11 is 1.42. The van der Waals surface area contributed by atoms with Crippen molar-refractivity contribution in [2.75, 3.05) is 0 Å². The highest BCUT2D eigenvalue weighted by Gasteiger charge is 2.18. The first-order valence-corrected chi connectivity index (χ1v) is 10.5. The van der Waals surface area contributed by atoms with Gasteiger partial charge in [-0.15, -0.1) is 10.2 Å². The standard InChI is InChI=1S/C21H20N4O4S/c1-2-13-5-6-15-14(11-19(27)29-17(15)10-13)12-30-21-24-23-20(16-4-3-9-28-16)25(21)8-7-18(22)26/h3-6,9-11H,2,7-8,12H2,1H3,(H2,22,26). The average Bonchev–Trinajstić information content (AvgIpc) is 3.39. The highest BCUT2D eigenvalue weighted by atomic mass is 32.2. The SMILES string of the molecule is CCc1ccc2c(CSc3nnc(-c4ccco4)n3CCC(N)=O)cc(=O)oc2c1. The summed E-state index contributed by atoms with van der Waals surface area (Å²) in [5.74, 6) is 1.15. The molecule has 0 aliphatic carbocycles. The Balaban J connectivity index is 1.65. The van der Waals surface area contributed by atoms with Gasteiger partial charge in [-0.05, 0) is 35.7 Å². The number of fused-ring (bicyclic) bond motifs is 1. The second-order valence-electron chi connectivity index (χ2n) is 6.71. The van der Waals surface area contributed by atoms with Crippen molar-refractivity contribution in [3.05, 3.63) is 64.2 Å². The summed E-state index contributed by atoms with van der Waals surface area (Å²) < 4.78 is 12.6. The van der Waals surface area contributed by atoms with Crippen LogP contribution in [0.3, 0.4) is 0 Å². The molecule has 0 atom stereocenters. The molecule has 0 unspecified atom stereocenters. The van der Waals surface area contributed by atoms with Crippen molar-refractivity contribution in [1.82, 2.24) is 14.8 Å². The zero-order valence-electron chi connectivity index (χ0n) is 16.3. The smallest absolute Gasteiger partial charge is 0.336 e. The van der Waals surface area contributed by atoms with Crippen LogP contribution in [0.1, 0.15) is 24.5 Å². The minimum atomic E-state index is -0.413. The molecule has 1 aromatic carbocycles. The van der Waals surface area contributed by atoms with Crippen molar-refractivity contribution >= 4 is 28.6 Å². The van der Waals surface area contributed by atoms with Gasteiger partial charge >= 0.3 is 5.63 Å². The van der Waals surface area contributed by atoms with Crippen LogP contribution in [0, 0.1) is 0 Å². The summed E-state index contributed by atoms with van der Waals surface area (Å²) in [6.07, 6.45) is 2.56. The number of hydrogen-bond donors (Lipinski definition) is 1. The van der Waals surface area contributed by atoms with Crippen LogP contribution in [0.5, 0.6) is 0 Å². The zero-order chi connectivity index (χ0) is 21.1. The lowest BCUT2D eigenvalue weighted by atomic mass is 10.1. The number of rotatable bonds is 8. The Hall–Kier alpha value is -3.33. The van der Waals surface area contributed by atoms with Crippen LogP contribution in [0.25, 0.3) is 22.6 Å². The van der Waals surface area contributed by atoms with Gasteiger partial charge in [0.25, 0.3) is 0 Å². The summed E-state index contributed by atoms with van der Waals surface area (Å²) in [4.78, 5) is 23.4. The maximum atomic E-state index is 12.0. The molecule has 9 heteroatoms. The molecule has 0 bridgehead atoms. The van der Waals surface area contributed by atoms with Gasteiger partial charge in [-0.2, -0.15) is 0 Å². The molecule has 4 aromatic rings. The Morgan fingerprint density at radius 1 is 1.23 bits per heavy atom. The Bertz CT molecular complexity index is 1240. The lowest BCUT2D eigenvalue weighted by molar-refractivity contribution is -0.118. The van der Waals surface area contributed by atoms with Gasteiger partial charge in [0.15, 0.2) is 16.7 Å². The molecule has 2 N–H and O–H groups in total. The molecule has 30 heavy (non-hydrogen) atoms. The number of nitrogens with zero attached hydrogens (tertiary/aromatic N) is 3. The predicted molar refractivity (Wildman–Crippen MR) is 113 cm³/mol. The third-order valence-corrected chi connectivity index (χ3v) is 5.72. The molecule has 4 rings (SSSR count). The molecule has 8 nitrogen and oxygen atoms in total. The van der Waals surface area contributed by atoms with Gasteiger partial charge in [0, 0.05) is 30.2 Å². The van der Waals surface area contributed by atoms with Gasteiger partial charge in [0.2, 0.25) is 5.91 Å². The lowest BCUT2D eigenvalue weighted by Crippen LogP contribution is -2.15. The number of hydrogen-bond acceptors (Lipinski definition) is 7. The van der Waals surface area contributed by atoms with Crippen LogP contribution < -0.4 is 11.4 Å². The summed E-state index contributed by atoms with van der Waals surface area (Å²) in [5.41, 5.74) is 7.46. The minimum Gasteiger partial charge on any atom is -0.461 e. The van der Waals surface area contributed by atoms with Crippen LogP contribution in [0.15, 0.2) is 61.4 Å². The highest BCUT2D eigenvalue weighted by Crippen LogP contribution is 2.29. The molecule has 0 aliphatic rings. The van der Waals surface area contributed by atoms with E-state index in [4.69, 9.17) is 14.6 Å². The lowest BCUT2D eigenvalue weighted by Gasteiger charge is -2.09. The van der Waals surface area contributed by atoms with E-state index in [1.54, 1.807) is 23.0 Å². The van der Waals surface area contributed by atoms with Crippen LogP contribution in [-0.4, -0.2) is 20.7 Å². The van der Waals surface area contributed by atoms with E-state index in [1.165, 1.54) is 17.8 Å². The van der Waals surface area contributed by atoms with Gasteiger partial charge in [-0.1, -0.05) is 30.8 Å². The normalized spacial score (nSPS) is 11.2. The molecule has 0 fully saturated rings. The molecular weight excluding hydrogens is 404 g/mol. The largest absolute Gasteiger partial charge is 0.461 e. The second kappa shape index (κ2) is 8.58. The third-order valence-electron chi connectivity index (χ3n) is 4.70. The predicted octanol–water partition coefficient (Wildman–Crippen LogP) is 3.37. The number of thioether (sulfide) groups is 1. The van der Waals surface area contributed by atoms with Crippen LogP contribution in [0.4, 0.5) is 0 Å². The van der Waals surface area contributed by atoms with Gasteiger partial charge in [0.05, 0.1) is 6.26 Å². The zero-order valence-corrected chi connectivity index (χ0v) is 17.1. The maximum absolute atomic E-state index is 12.0. The summed E-state index contributed by atoms with van der Waals surface area (Å²) in [6.45, 7) is 2.38. The molecule has 0 spiro atoms. The van der Waals surface area contributed by atoms with Gasteiger partial charge in [-0.3, -0.25) is 9.36 Å². The Labute approximate surface area is 176 Å². The van der Waals surface area contributed by atoms with E-state index in [0.717, 1.165) is 22.9 Å². The number of carbonyl (C=O) groups excluding carboxylic acids is 1. The van der Waals surface area contributed by atoms with Crippen LogP contribution >= 0.6 is 11.8 Å². The number of amides is 1. The fourth-order valence-corrected chi connectivity index (χ4v) is 4.12. The molecule has 3 aromatic heterocycles. The Kier molecular flexibility index (Phi) is 5.71. The second-order valence-corrected chi connectivity index (χ2v) is 7.66. The number of nitrogens with two attached hydrogens (primary N) is 1. The minimum absolute atomic E-state index is 0.150. The Morgan fingerprint density at radius 3 is 2.83 bits per heavy atom. The number of benzene rings is 1. The molecule has 0 saturated carbocycles. The van der Waals surface area contributed by atoms with Crippen molar-refractivity contribution in [3.63, 3.8) is 0 Å². The van der Waals surface area contributed by atoms with E-state index in [-0.39, 0.29) is 6.42 Å². The highest BCUT2D eigenvalue weighted by molar-refractivity contribution is 7.98. The number of primary amides is 1. The van der Waals surface area contributed by atoms with Gasteiger partial charge < -0.3 is 14.6 Å². The quantitative estimate of drug-likeness (QED) is 0.340. The monoisotopic (exact) mass is 424 g/mol. The fourth-order valence-electron chi connectivity index (χ4n) is 3.16. The number of carbonyl (C=O) groups is 1. The summed E-state index contributed by atoms with van der Waals surface area (Å²) in [7, 11) is 0. The van der Waals surface area contributed by atoms with Crippen molar-refractivity contribution in [1.29, 1.82) is 0 Å². The van der Waals surface area contributed by atoms with Crippen LogP contribution in [0.2, 0.25) is 0 Å². The van der Waals surface area contributed by atoms with Crippen molar-refractivity contribution in [3.8, 4) is 11.6 Å². The summed E-state index contributed by atoms with van der Waals surface area (Å²) in [5, 5.41) is 9.96. The number of aromatic nitrogens is 3. The van der Waals surface area contributed by atoms with E-state index >= 15 is 0 Å². The Morgan fingerprint density at radius 2 is 2.10 bits per heavy atom. The van der Waals surface area contributed by atoms with E-state index in [2.05, 4.69) is 17.1 Å². The average molecular weight is 424 g/mol. The van der Waals surface area contributed by atoms with Gasteiger partial charge in [0.1, 0.15) is 5.58 Å².